The van der Waals surface area contributed by atoms with Crippen LogP contribution in [0, 0.1) is 21.4 Å². The first-order chi connectivity index (χ1) is 11.1. The summed E-state index contributed by atoms with van der Waals surface area (Å²) >= 11 is 0. The summed E-state index contributed by atoms with van der Waals surface area (Å²) in [6.45, 7) is 0.0492. The minimum atomic E-state index is -0.775. The van der Waals surface area contributed by atoms with E-state index in [1.807, 2.05) is 18.2 Å². The van der Waals surface area contributed by atoms with Gasteiger partial charge in [-0.15, -0.1) is 0 Å². The minimum Gasteiger partial charge on any atom is -0.457 e. The molecule has 0 atom stereocenters. The summed E-state index contributed by atoms with van der Waals surface area (Å²) in [6, 6.07) is 16.5. The molecule has 0 spiro atoms. The van der Waals surface area contributed by atoms with Crippen molar-refractivity contribution in [3.05, 3.63) is 81.4 Å². The van der Waals surface area contributed by atoms with E-state index in [4.69, 9.17) is 10.00 Å². The molecule has 6 heteroatoms. The number of nitro groups is 1. The first kappa shape index (κ1) is 15.9. The maximum atomic E-state index is 11.9. The van der Waals surface area contributed by atoms with Crippen LogP contribution in [0.4, 0.5) is 5.69 Å². The van der Waals surface area contributed by atoms with Crippen molar-refractivity contribution >= 4 is 17.7 Å². The van der Waals surface area contributed by atoms with E-state index in [0.29, 0.717) is 5.56 Å². The lowest BCUT2D eigenvalue weighted by Gasteiger charge is -2.04. The van der Waals surface area contributed by atoms with Crippen molar-refractivity contribution in [1.29, 1.82) is 5.26 Å². The summed E-state index contributed by atoms with van der Waals surface area (Å²) in [6.07, 6.45) is 1.26. The Morgan fingerprint density at radius 3 is 2.61 bits per heavy atom. The Balaban J connectivity index is 2.12. The second-order valence-electron chi connectivity index (χ2n) is 4.58. The van der Waals surface area contributed by atoms with Crippen LogP contribution in [0.15, 0.2) is 60.2 Å². The van der Waals surface area contributed by atoms with Gasteiger partial charge in [0.15, 0.2) is 0 Å². The minimum absolute atomic E-state index is 0.0492. The van der Waals surface area contributed by atoms with Crippen molar-refractivity contribution in [2.75, 3.05) is 0 Å². The molecule has 0 N–H and O–H groups in total. The normalized spacial score (nSPS) is 10.7. The third-order valence-electron chi connectivity index (χ3n) is 2.95. The number of ether oxygens (including phenoxy) is 1. The van der Waals surface area contributed by atoms with Gasteiger partial charge < -0.3 is 4.74 Å². The molecule has 0 unspecified atom stereocenters. The Morgan fingerprint density at radius 2 is 1.96 bits per heavy atom. The van der Waals surface area contributed by atoms with Crippen LogP contribution in [-0.2, 0) is 16.1 Å². The highest BCUT2D eigenvalue weighted by atomic mass is 16.6. The zero-order chi connectivity index (χ0) is 16.7. The molecule has 0 fully saturated rings. The molecular weight excluding hydrogens is 296 g/mol. The standard InChI is InChI=1S/C17H12N2O4/c18-11-15(9-14-7-4-8-16(10-14)19(21)22)17(20)23-12-13-5-2-1-3-6-13/h1-10H,12H2/b15-9-. The quantitative estimate of drug-likeness (QED) is 0.278. The first-order valence-electron chi connectivity index (χ1n) is 6.67. The van der Waals surface area contributed by atoms with Crippen molar-refractivity contribution in [3.8, 4) is 6.07 Å². The smallest absolute Gasteiger partial charge is 0.349 e. The third-order valence-corrected chi connectivity index (χ3v) is 2.95. The molecule has 114 valence electrons. The summed E-state index contributed by atoms with van der Waals surface area (Å²) in [5, 5.41) is 19.8. The zero-order valence-electron chi connectivity index (χ0n) is 12.0. The number of carbonyl (C=O) groups is 1. The van der Waals surface area contributed by atoms with Crippen molar-refractivity contribution < 1.29 is 14.5 Å². The molecule has 0 heterocycles. The van der Waals surface area contributed by atoms with E-state index in [-0.39, 0.29) is 17.9 Å². The van der Waals surface area contributed by atoms with Gasteiger partial charge in [-0.1, -0.05) is 42.5 Å². The topological polar surface area (TPSA) is 93.2 Å². The highest BCUT2D eigenvalue weighted by Gasteiger charge is 2.12. The molecule has 0 saturated carbocycles. The molecule has 0 radical (unpaired) electrons. The lowest BCUT2D eigenvalue weighted by Crippen LogP contribution is -2.06. The second kappa shape index (κ2) is 7.52. The summed E-state index contributed by atoms with van der Waals surface area (Å²) in [4.78, 5) is 22.1. The van der Waals surface area contributed by atoms with Gasteiger partial charge in [0, 0.05) is 12.1 Å². The van der Waals surface area contributed by atoms with E-state index in [1.165, 1.54) is 24.3 Å². The number of benzene rings is 2. The van der Waals surface area contributed by atoms with Crippen LogP contribution >= 0.6 is 0 Å². The third kappa shape index (κ3) is 4.51. The number of carbonyl (C=O) groups excluding carboxylic acids is 1. The van der Waals surface area contributed by atoms with Gasteiger partial charge in [0.2, 0.25) is 0 Å². The number of nitrogens with zero attached hydrogens (tertiary/aromatic N) is 2. The largest absolute Gasteiger partial charge is 0.457 e. The monoisotopic (exact) mass is 308 g/mol. The van der Waals surface area contributed by atoms with Crippen LogP contribution in [-0.4, -0.2) is 10.9 Å². The summed E-state index contributed by atoms with van der Waals surface area (Å²) < 4.78 is 5.07. The van der Waals surface area contributed by atoms with E-state index in [2.05, 4.69) is 0 Å². The Kier molecular flexibility index (Phi) is 5.21. The van der Waals surface area contributed by atoms with E-state index in [0.717, 1.165) is 5.56 Å². The fourth-order valence-corrected chi connectivity index (χ4v) is 1.83. The molecule has 0 bridgehead atoms. The summed E-state index contributed by atoms with van der Waals surface area (Å²) in [7, 11) is 0. The molecule has 23 heavy (non-hydrogen) atoms. The number of rotatable bonds is 5. The van der Waals surface area contributed by atoms with Crippen molar-refractivity contribution in [2.24, 2.45) is 0 Å². The van der Waals surface area contributed by atoms with Gasteiger partial charge in [-0.05, 0) is 17.2 Å². The average molecular weight is 308 g/mol. The molecule has 0 aliphatic rings. The molecule has 0 aromatic heterocycles. The molecule has 0 aliphatic carbocycles. The molecule has 2 aromatic carbocycles. The van der Waals surface area contributed by atoms with Crippen molar-refractivity contribution in [3.63, 3.8) is 0 Å². The van der Waals surface area contributed by atoms with Gasteiger partial charge in [-0.2, -0.15) is 5.26 Å². The average Bonchev–Trinajstić information content (AvgIpc) is 2.58. The highest BCUT2D eigenvalue weighted by Crippen LogP contribution is 2.16. The first-order valence-corrected chi connectivity index (χ1v) is 6.67. The number of nitriles is 1. The maximum absolute atomic E-state index is 11.9. The van der Waals surface area contributed by atoms with Gasteiger partial charge in [0.05, 0.1) is 4.92 Å². The molecule has 0 amide bonds. The van der Waals surface area contributed by atoms with Crippen molar-refractivity contribution in [2.45, 2.75) is 6.61 Å². The van der Waals surface area contributed by atoms with Crippen LogP contribution in [0.5, 0.6) is 0 Å². The van der Waals surface area contributed by atoms with Gasteiger partial charge in [-0.3, -0.25) is 10.1 Å². The van der Waals surface area contributed by atoms with E-state index in [1.54, 1.807) is 24.3 Å². The Morgan fingerprint density at radius 1 is 1.22 bits per heavy atom. The molecule has 2 aromatic rings. The Bertz CT molecular complexity index is 792. The fourth-order valence-electron chi connectivity index (χ4n) is 1.83. The number of hydrogen-bond donors (Lipinski definition) is 0. The van der Waals surface area contributed by atoms with Crippen LogP contribution in [0.2, 0.25) is 0 Å². The Labute approximate surface area is 132 Å². The van der Waals surface area contributed by atoms with Gasteiger partial charge in [0.25, 0.3) is 5.69 Å². The second-order valence-corrected chi connectivity index (χ2v) is 4.58. The summed E-state index contributed by atoms with van der Waals surface area (Å²) in [5.74, 6) is -0.775. The van der Waals surface area contributed by atoms with Gasteiger partial charge in [-0.25, -0.2) is 4.79 Å². The number of hydrogen-bond acceptors (Lipinski definition) is 5. The predicted octanol–water partition coefficient (Wildman–Crippen LogP) is 3.25. The molecule has 0 aliphatic heterocycles. The van der Waals surface area contributed by atoms with Crippen LogP contribution in [0.25, 0.3) is 6.08 Å². The number of non-ortho nitro benzene ring substituents is 1. The van der Waals surface area contributed by atoms with Crippen LogP contribution < -0.4 is 0 Å². The molecular formula is C17H12N2O4. The molecule has 2 rings (SSSR count). The SMILES string of the molecule is N#C/C(=C/c1cccc([N+](=O)[O-])c1)C(=O)OCc1ccccc1. The van der Waals surface area contributed by atoms with Crippen molar-refractivity contribution in [1.82, 2.24) is 0 Å². The zero-order valence-corrected chi connectivity index (χ0v) is 12.0. The molecule has 0 saturated heterocycles. The number of esters is 1. The van der Waals surface area contributed by atoms with Crippen LogP contribution in [0.3, 0.4) is 0 Å². The maximum Gasteiger partial charge on any atom is 0.349 e. The fraction of sp³-hybridized carbons (Fsp3) is 0.0588. The van der Waals surface area contributed by atoms with Crippen LogP contribution in [0.1, 0.15) is 11.1 Å². The lowest BCUT2D eigenvalue weighted by atomic mass is 10.1. The van der Waals surface area contributed by atoms with E-state index < -0.39 is 10.9 Å². The summed E-state index contributed by atoms with van der Waals surface area (Å²) in [5.41, 5.74) is 0.844. The van der Waals surface area contributed by atoms with E-state index >= 15 is 0 Å². The molecule has 6 nitrogen and oxygen atoms in total. The van der Waals surface area contributed by atoms with Gasteiger partial charge in [0.1, 0.15) is 18.2 Å². The Hall–Kier alpha value is -3.46. The predicted molar refractivity (Wildman–Crippen MR) is 82.9 cm³/mol. The highest BCUT2D eigenvalue weighted by molar-refractivity contribution is 5.97. The lowest BCUT2D eigenvalue weighted by molar-refractivity contribution is -0.384. The van der Waals surface area contributed by atoms with Gasteiger partial charge >= 0.3 is 5.97 Å². The van der Waals surface area contributed by atoms with E-state index in [9.17, 15) is 14.9 Å². The number of nitro benzene ring substituents is 1.